The Labute approximate surface area is 75.4 Å². The van der Waals surface area contributed by atoms with Gasteiger partial charge in [0.2, 0.25) is 0 Å². The van der Waals surface area contributed by atoms with Gasteiger partial charge in [-0.3, -0.25) is 0 Å². The smallest absolute Gasteiger partial charge is 0.312 e. The molecule has 1 saturated heterocycles. The molecule has 12 heavy (non-hydrogen) atoms. The second kappa shape index (κ2) is 5.87. The van der Waals surface area contributed by atoms with E-state index in [4.69, 9.17) is 13.6 Å². The van der Waals surface area contributed by atoms with E-state index in [1.165, 1.54) is 0 Å². The Balaban J connectivity index is 2.01. The first-order chi connectivity index (χ1) is 5.83. The molecular weight excluding hydrogens is 175 g/mol. The molecule has 0 aromatic carbocycles. The van der Waals surface area contributed by atoms with E-state index < -0.39 is 8.60 Å². The van der Waals surface area contributed by atoms with Crippen molar-refractivity contribution in [2.24, 2.45) is 5.92 Å². The van der Waals surface area contributed by atoms with Crippen molar-refractivity contribution in [3.63, 3.8) is 0 Å². The van der Waals surface area contributed by atoms with Crippen LogP contribution in [-0.4, -0.2) is 19.8 Å². The molecule has 0 bridgehead atoms. The van der Waals surface area contributed by atoms with Gasteiger partial charge in [-0.05, 0) is 6.42 Å². The summed E-state index contributed by atoms with van der Waals surface area (Å²) >= 11 is 0. The van der Waals surface area contributed by atoms with Gasteiger partial charge in [-0.2, -0.15) is 0 Å². The van der Waals surface area contributed by atoms with E-state index in [-0.39, 0.29) is 0 Å². The van der Waals surface area contributed by atoms with Crippen LogP contribution in [0.3, 0.4) is 0 Å². The molecule has 0 aliphatic carbocycles. The Morgan fingerprint density at radius 1 is 1.42 bits per heavy atom. The van der Waals surface area contributed by atoms with Crippen molar-refractivity contribution < 1.29 is 13.6 Å². The third kappa shape index (κ3) is 3.81. The van der Waals surface area contributed by atoms with Crippen LogP contribution in [0, 0.1) is 5.92 Å². The lowest BCUT2D eigenvalue weighted by Gasteiger charge is -2.24. The van der Waals surface area contributed by atoms with Gasteiger partial charge in [-0.1, -0.05) is 20.3 Å². The lowest BCUT2D eigenvalue weighted by atomic mass is 10.2. The van der Waals surface area contributed by atoms with Crippen molar-refractivity contribution in [1.82, 2.24) is 0 Å². The van der Waals surface area contributed by atoms with Crippen molar-refractivity contribution in [3.05, 3.63) is 0 Å². The van der Waals surface area contributed by atoms with E-state index >= 15 is 0 Å². The fourth-order valence-corrected chi connectivity index (χ4v) is 2.07. The van der Waals surface area contributed by atoms with E-state index in [0.717, 1.165) is 32.7 Å². The largest absolute Gasteiger partial charge is 0.332 e. The lowest BCUT2D eigenvalue weighted by molar-refractivity contribution is 0.0788. The minimum absolute atomic E-state index is 0.513. The second-order valence-corrected chi connectivity index (χ2v) is 4.33. The maximum Gasteiger partial charge on any atom is 0.332 e. The molecule has 1 aliphatic rings. The maximum absolute atomic E-state index is 5.39. The first-order valence-corrected chi connectivity index (χ1v) is 5.61. The quantitative estimate of drug-likeness (QED) is 0.506. The summed E-state index contributed by atoms with van der Waals surface area (Å²) in [6.07, 6.45) is 2.24. The Morgan fingerprint density at radius 2 is 2.08 bits per heavy atom. The fourth-order valence-electron chi connectivity index (χ4n) is 0.820. The molecule has 0 N–H and O–H groups in total. The van der Waals surface area contributed by atoms with Crippen LogP contribution in [-0.2, 0) is 13.6 Å². The molecule has 72 valence electrons. The topological polar surface area (TPSA) is 27.7 Å². The number of hydrogen-bond acceptors (Lipinski definition) is 3. The average molecular weight is 192 g/mol. The summed E-state index contributed by atoms with van der Waals surface area (Å²) < 4.78 is 16.1. The molecule has 1 rings (SSSR count). The highest BCUT2D eigenvalue weighted by atomic mass is 31.2. The Hall–Kier alpha value is 0.310. The molecule has 4 heteroatoms. The highest BCUT2D eigenvalue weighted by molar-refractivity contribution is 7.41. The first kappa shape index (κ1) is 10.4. The van der Waals surface area contributed by atoms with E-state index in [1.807, 2.05) is 0 Å². The predicted molar refractivity (Wildman–Crippen MR) is 48.8 cm³/mol. The molecule has 3 nitrogen and oxygen atoms in total. The second-order valence-electron chi connectivity index (χ2n) is 3.11. The van der Waals surface area contributed by atoms with Crippen LogP contribution in [0.15, 0.2) is 0 Å². The molecule has 1 aliphatic heterocycles. The number of hydrogen-bond donors (Lipinski definition) is 0. The van der Waals surface area contributed by atoms with Gasteiger partial charge in [-0.15, -0.1) is 0 Å². The average Bonchev–Trinajstić information content (AvgIpc) is 2.09. The SMILES string of the molecule is CCCCOP1OCC(C)CO1. The monoisotopic (exact) mass is 192 g/mol. The number of rotatable bonds is 4. The summed E-state index contributed by atoms with van der Waals surface area (Å²) in [4.78, 5) is 0. The molecule has 0 amide bonds. The molecular formula is C8H17O3P. The van der Waals surface area contributed by atoms with Crippen LogP contribution in [0.5, 0.6) is 0 Å². The zero-order valence-electron chi connectivity index (χ0n) is 7.78. The van der Waals surface area contributed by atoms with Crippen molar-refractivity contribution in [1.29, 1.82) is 0 Å². The van der Waals surface area contributed by atoms with Crippen molar-refractivity contribution in [2.45, 2.75) is 26.7 Å². The normalized spacial score (nSPS) is 30.5. The van der Waals surface area contributed by atoms with Gasteiger partial charge in [0.15, 0.2) is 0 Å². The molecule has 0 saturated carbocycles. The lowest BCUT2D eigenvalue weighted by Crippen LogP contribution is -2.17. The predicted octanol–water partition coefficient (Wildman–Crippen LogP) is 2.71. The van der Waals surface area contributed by atoms with Gasteiger partial charge in [0, 0.05) is 5.92 Å². The van der Waals surface area contributed by atoms with Gasteiger partial charge in [0.05, 0.1) is 19.8 Å². The van der Waals surface area contributed by atoms with Crippen molar-refractivity contribution in [2.75, 3.05) is 19.8 Å². The molecule has 0 radical (unpaired) electrons. The third-order valence-electron chi connectivity index (χ3n) is 1.62. The number of unbranched alkanes of at least 4 members (excludes halogenated alkanes) is 1. The Morgan fingerprint density at radius 3 is 2.67 bits per heavy atom. The molecule has 0 unspecified atom stereocenters. The van der Waals surface area contributed by atoms with E-state index in [0.29, 0.717) is 5.92 Å². The maximum atomic E-state index is 5.39. The zero-order valence-corrected chi connectivity index (χ0v) is 8.68. The summed E-state index contributed by atoms with van der Waals surface area (Å²) in [6.45, 7) is 6.56. The minimum atomic E-state index is -1.01. The summed E-state index contributed by atoms with van der Waals surface area (Å²) in [5.74, 6) is 0.513. The van der Waals surface area contributed by atoms with Gasteiger partial charge in [-0.25, -0.2) is 0 Å². The summed E-state index contributed by atoms with van der Waals surface area (Å²) in [5.41, 5.74) is 0. The Kier molecular flexibility index (Phi) is 5.08. The van der Waals surface area contributed by atoms with Gasteiger partial charge >= 0.3 is 8.60 Å². The minimum Gasteiger partial charge on any atom is -0.312 e. The summed E-state index contributed by atoms with van der Waals surface area (Å²) in [7, 11) is -1.01. The van der Waals surface area contributed by atoms with Gasteiger partial charge < -0.3 is 13.6 Å². The Bertz CT molecular complexity index is 113. The van der Waals surface area contributed by atoms with Crippen molar-refractivity contribution in [3.8, 4) is 0 Å². The van der Waals surface area contributed by atoms with E-state index in [1.54, 1.807) is 0 Å². The van der Waals surface area contributed by atoms with Gasteiger partial charge in [0.25, 0.3) is 0 Å². The van der Waals surface area contributed by atoms with E-state index in [9.17, 15) is 0 Å². The third-order valence-corrected chi connectivity index (χ3v) is 2.74. The highest BCUT2D eigenvalue weighted by Gasteiger charge is 2.20. The molecule has 0 aromatic heterocycles. The summed E-state index contributed by atoms with van der Waals surface area (Å²) in [6, 6.07) is 0. The standard InChI is InChI=1S/C8H17O3P/c1-3-4-5-9-12-10-6-8(2)7-11-12/h8H,3-7H2,1-2H3. The molecule has 0 atom stereocenters. The fraction of sp³-hybridized carbons (Fsp3) is 1.00. The van der Waals surface area contributed by atoms with Crippen molar-refractivity contribution >= 4 is 8.60 Å². The highest BCUT2D eigenvalue weighted by Crippen LogP contribution is 2.43. The zero-order chi connectivity index (χ0) is 8.81. The molecule has 0 aromatic rings. The summed E-state index contributed by atoms with van der Waals surface area (Å²) in [5, 5.41) is 0. The van der Waals surface area contributed by atoms with Crippen LogP contribution in [0.2, 0.25) is 0 Å². The molecule has 1 heterocycles. The van der Waals surface area contributed by atoms with E-state index in [2.05, 4.69) is 13.8 Å². The molecule has 1 fully saturated rings. The van der Waals surface area contributed by atoms with Crippen LogP contribution in [0.1, 0.15) is 26.7 Å². The van der Waals surface area contributed by atoms with Crippen LogP contribution in [0.4, 0.5) is 0 Å². The van der Waals surface area contributed by atoms with Gasteiger partial charge in [0.1, 0.15) is 0 Å². The van der Waals surface area contributed by atoms with Crippen LogP contribution >= 0.6 is 8.60 Å². The molecule has 0 spiro atoms. The first-order valence-electron chi connectivity index (χ1n) is 4.51. The van der Waals surface area contributed by atoms with Crippen LogP contribution in [0.25, 0.3) is 0 Å². The van der Waals surface area contributed by atoms with Crippen LogP contribution < -0.4 is 0 Å².